The van der Waals surface area contributed by atoms with Crippen molar-refractivity contribution in [3.63, 3.8) is 0 Å². The van der Waals surface area contributed by atoms with E-state index in [2.05, 4.69) is 0 Å². The maximum atomic E-state index is 13.0. The number of hydrogen-bond acceptors (Lipinski definition) is 7. The van der Waals surface area contributed by atoms with E-state index in [0.717, 1.165) is 11.1 Å². The zero-order valence-electron chi connectivity index (χ0n) is 18.2. The van der Waals surface area contributed by atoms with Crippen molar-refractivity contribution in [1.29, 1.82) is 0 Å². The summed E-state index contributed by atoms with van der Waals surface area (Å²) < 4.78 is 26.5. The zero-order valence-corrected chi connectivity index (χ0v) is 18.2. The molecule has 1 amide bonds. The quantitative estimate of drug-likeness (QED) is 0.597. The van der Waals surface area contributed by atoms with Gasteiger partial charge in [0, 0.05) is 6.54 Å². The van der Waals surface area contributed by atoms with Crippen LogP contribution in [0.15, 0.2) is 36.4 Å². The van der Waals surface area contributed by atoms with Gasteiger partial charge in [-0.25, -0.2) is 0 Å². The van der Waals surface area contributed by atoms with Gasteiger partial charge in [0.15, 0.2) is 18.1 Å². The Hall–Kier alpha value is -3.42. The van der Waals surface area contributed by atoms with Crippen LogP contribution < -0.4 is 18.9 Å². The number of rotatable bonds is 8. The maximum absolute atomic E-state index is 13.0. The van der Waals surface area contributed by atoms with Gasteiger partial charge in [0.05, 0.1) is 40.9 Å². The van der Waals surface area contributed by atoms with Crippen molar-refractivity contribution in [3.05, 3.63) is 47.5 Å². The van der Waals surface area contributed by atoms with E-state index in [1.54, 1.807) is 50.5 Å². The van der Waals surface area contributed by atoms with Crippen LogP contribution in [-0.4, -0.2) is 58.4 Å². The SMILES string of the molecule is COC(=O)CC1c2cc(OC)c(OC)cc2CCN1C(=O)COc1ccc(OC)cc1. The lowest BCUT2D eigenvalue weighted by Crippen LogP contribution is -2.43. The van der Waals surface area contributed by atoms with Gasteiger partial charge in [-0.3, -0.25) is 9.59 Å². The molecular formula is C23H27NO7. The first-order valence-corrected chi connectivity index (χ1v) is 9.88. The number of benzene rings is 2. The fourth-order valence-corrected chi connectivity index (χ4v) is 3.69. The summed E-state index contributed by atoms with van der Waals surface area (Å²) in [4.78, 5) is 26.8. The number of hydrogen-bond donors (Lipinski definition) is 0. The topological polar surface area (TPSA) is 83.5 Å². The number of methoxy groups -OCH3 is 4. The van der Waals surface area contributed by atoms with Crippen LogP contribution in [0.4, 0.5) is 0 Å². The number of ether oxygens (including phenoxy) is 5. The molecule has 2 aromatic carbocycles. The van der Waals surface area contributed by atoms with Crippen molar-refractivity contribution in [2.75, 3.05) is 41.6 Å². The van der Waals surface area contributed by atoms with Gasteiger partial charge < -0.3 is 28.6 Å². The molecule has 0 N–H and O–H groups in total. The Morgan fingerprint density at radius 3 is 2.19 bits per heavy atom. The van der Waals surface area contributed by atoms with Gasteiger partial charge >= 0.3 is 5.97 Å². The molecule has 1 heterocycles. The van der Waals surface area contributed by atoms with Crippen LogP contribution in [0.5, 0.6) is 23.0 Å². The van der Waals surface area contributed by atoms with Gasteiger partial charge in [0.2, 0.25) is 0 Å². The van der Waals surface area contributed by atoms with Crippen LogP contribution in [0, 0.1) is 0 Å². The molecule has 0 aliphatic carbocycles. The molecule has 3 rings (SSSR count). The lowest BCUT2D eigenvalue weighted by Gasteiger charge is -2.37. The summed E-state index contributed by atoms with van der Waals surface area (Å²) in [5.41, 5.74) is 1.85. The Kier molecular flexibility index (Phi) is 7.23. The Labute approximate surface area is 181 Å². The van der Waals surface area contributed by atoms with Crippen molar-refractivity contribution < 1.29 is 33.3 Å². The molecule has 0 spiro atoms. The third-order valence-electron chi connectivity index (χ3n) is 5.33. The average Bonchev–Trinajstić information content (AvgIpc) is 2.81. The van der Waals surface area contributed by atoms with E-state index >= 15 is 0 Å². The second-order valence-corrected chi connectivity index (χ2v) is 7.00. The molecule has 166 valence electrons. The Morgan fingerprint density at radius 2 is 1.58 bits per heavy atom. The predicted molar refractivity (Wildman–Crippen MR) is 113 cm³/mol. The predicted octanol–water partition coefficient (Wildman–Crippen LogP) is 2.78. The van der Waals surface area contributed by atoms with Gasteiger partial charge in [0.1, 0.15) is 11.5 Å². The number of fused-ring (bicyclic) bond motifs is 1. The molecule has 1 aliphatic rings. The number of esters is 1. The minimum absolute atomic E-state index is 0.0350. The first-order chi connectivity index (χ1) is 15.0. The summed E-state index contributed by atoms with van der Waals surface area (Å²) in [7, 11) is 6.04. The van der Waals surface area contributed by atoms with E-state index in [-0.39, 0.29) is 18.9 Å². The largest absolute Gasteiger partial charge is 0.497 e. The molecule has 0 radical (unpaired) electrons. The third-order valence-corrected chi connectivity index (χ3v) is 5.33. The number of carbonyl (C=O) groups excluding carboxylic acids is 2. The first kappa shape index (κ1) is 22.3. The van der Waals surface area contributed by atoms with Gasteiger partial charge in [-0.15, -0.1) is 0 Å². The third kappa shape index (κ3) is 5.02. The Bertz CT molecular complexity index is 926. The van der Waals surface area contributed by atoms with E-state index in [0.29, 0.717) is 36.0 Å². The van der Waals surface area contributed by atoms with Crippen molar-refractivity contribution in [1.82, 2.24) is 4.90 Å². The van der Waals surface area contributed by atoms with E-state index < -0.39 is 12.0 Å². The van der Waals surface area contributed by atoms with Gasteiger partial charge in [-0.05, 0) is 53.9 Å². The minimum Gasteiger partial charge on any atom is -0.497 e. The zero-order chi connectivity index (χ0) is 22.4. The fraction of sp³-hybridized carbons (Fsp3) is 0.391. The lowest BCUT2D eigenvalue weighted by molar-refractivity contribution is -0.144. The monoisotopic (exact) mass is 429 g/mol. The van der Waals surface area contributed by atoms with Crippen molar-refractivity contribution in [3.8, 4) is 23.0 Å². The molecule has 0 bridgehead atoms. The van der Waals surface area contributed by atoms with Crippen molar-refractivity contribution in [2.45, 2.75) is 18.9 Å². The molecule has 0 aromatic heterocycles. The molecular weight excluding hydrogens is 402 g/mol. The van der Waals surface area contributed by atoms with Gasteiger partial charge in [-0.2, -0.15) is 0 Å². The average molecular weight is 429 g/mol. The van der Waals surface area contributed by atoms with E-state index in [4.69, 9.17) is 23.7 Å². The van der Waals surface area contributed by atoms with Crippen LogP contribution >= 0.6 is 0 Å². The minimum atomic E-state index is -0.483. The molecule has 1 aliphatic heterocycles. The summed E-state index contributed by atoms with van der Waals surface area (Å²) in [5, 5.41) is 0. The smallest absolute Gasteiger partial charge is 0.307 e. The number of carbonyl (C=O) groups is 2. The second-order valence-electron chi connectivity index (χ2n) is 7.00. The van der Waals surface area contributed by atoms with Crippen LogP contribution in [0.3, 0.4) is 0 Å². The normalized spacial score (nSPS) is 15.0. The molecule has 1 unspecified atom stereocenters. The summed E-state index contributed by atoms with van der Waals surface area (Å²) in [6.45, 7) is 0.307. The highest BCUT2D eigenvalue weighted by Crippen LogP contribution is 2.39. The number of nitrogens with zero attached hydrogens (tertiary/aromatic N) is 1. The van der Waals surface area contributed by atoms with Crippen LogP contribution in [0.1, 0.15) is 23.6 Å². The summed E-state index contributed by atoms with van der Waals surface area (Å²) in [6.07, 6.45) is 0.662. The first-order valence-electron chi connectivity index (χ1n) is 9.88. The lowest BCUT2D eigenvalue weighted by atomic mass is 9.90. The highest BCUT2D eigenvalue weighted by molar-refractivity contribution is 5.80. The van der Waals surface area contributed by atoms with E-state index in [9.17, 15) is 9.59 Å². The highest BCUT2D eigenvalue weighted by Gasteiger charge is 2.34. The fourth-order valence-electron chi connectivity index (χ4n) is 3.69. The molecule has 1 atom stereocenters. The van der Waals surface area contributed by atoms with Crippen LogP contribution in [0.25, 0.3) is 0 Å². The van der Waals surface area contributed by atoms with Crippen LogP contribution in [0.2, 0.25) is 0 Å². The molecule has 0 fully saturated rings. The second kappa shape index (κ2) is 10.1. The summed E-state index contributed by atoms with van der Waals surface area (Å²) >= 11 is 0. The van der Waals surface area contributed by atoms with Gasteiger partial charge in [0.25, 0.3) is 5.91 Å². The van der Waals surface area contributed by atoms with Crippen molar-refractivity contribution in [2.24, 2.45) is 0 Å². The standard InChI is InChI=1S/C23H27NO7/c1-27-16-5-7-17(8-6-16)31-14-22(25)24-10-9-15-11-20(28-2)21(29-3)12-18(15)19(24)13-23(26)30-4/h5-8,11-12,19H,9-10,13-14H2,1-4H3. The van der Waals surface area contributed by atoms with E-state index in [1.807, 2.05) is 12.1 Å². The molecule has 2 aromatic rings. The van der Waals surface area contributed by atoms with Crippen LogP contribution in [-0.2, 0) is 20.7 Å². The highest BCUT2D eigenvalue weighted by atomic mass is 16.5. The molecule has 8 heteroatoms. The number of amides is 1. The molecule has 0 saturated carbocycles. The van der Waals surface area contributed by atoms with Crippen molar-refractivity contribution >= 4 is 11.9 Å². The Balaban J connectivity index is 1.82. The molecule has 0 saturated heterocycles. The summed E-state index contributed by atoms with van der Waals surface area (Å²) in [5.74, 6) is 1.79. The van der Waals surface area contributed by atoms with E-state index in [1.165, 1.54) is 7.11 Å². The molecule has 31 heavy (non-hydrogen) atoms. The molecule has 8 nitrogen and oxygen atoms in total. The Morgan fingerprint density at radius 1 is 0.935 bits per heavy atom. The van der Waals surface area contributed by atoms with Gasteiger partial charge in [-0.1, -0.05) is 0 Å². The maximum Gasteiger partial charge on any atom is 0.307 e. The summed E-state index contributed by atoms with van der Waals surface area (Å²) in [6, 6.07) is 10.2.